The van der Waals surface area contributed by atoms with Gasteiger partial charge < -0.3 is 13.9 Å². The lowest BCUT2D eigenvalue weighted by molar-refractivity contribution is 0.104. The number of rotatable bonds is 4. The van der Waals surface area contributed by atoms with Gasteiger partial charge in [-0.05, 0) is 61.5 Å². The van der Waals surface area contributed by atoms with Crippen LogP contribution in [0.4, 0.5) is 0 Å². The Bertz CT molecular complexity index is 1160. The topological polar surface area (TPSA) is 63.6 Å². The standard InChI is InChI=1S/C22H15BrO4/c1-13-22(18-12-16(24)6-10-21(18)26-13)19(25)9-7-17-8-11-20(27-17)14-2-4-15(23)5-3-14/h2-12,24H,1H3/b9-7+. The number of carbonyl (C=O) groups is 1. The summed E-state index contributed by atoms with van der Waals surface area (Å²) >= 11 is 3.41. The summed E-state index contributed by atoms with van der Waals surface area (Å²) in [6, 6.07) is 16.2. The zero-order valence-corrected chi connectivity index (χ0v) is 16.0. The number of fused-ring (bicyclic) bond motifs is 1. The zero-order valence-electron chi connectivity index (χ0n) is 14.4. The predicted molar refractivity (Wildman–Crippen MR) is 108 cm³/mol. The van der Waals surface area contributed by atoms with Crippen molar-refractivity contribution >= 4 is 38.8 Å². The smallest absolute Gasteiger partial charge is 0.190 e. The molecule has 4 nitrogen and oxygen atoms in total. The first-order valence-corrected chi connectivity index (χ1v) is 9.11. The highest BCUT2D eigenvalue weighted by atomic mass is 79.9. The summed E-state index contributed by atoms with van der Waals surface area (Å²) in [5.74, 6) is 1.70. The molecule has 0 unspecified atom stereocenters. The molecule has 0 aliphatic rings. The van der Waals surface area contributed by atoms with Gasteiger partial charge in [-0.3, -0.25) is 4.79 Å². The Kier molecular flexibility index (Phi) is 4.46. The lowest BCUT2D eigenvalue weighted by Crippen LogP contribution is -1.94. The van der Waals surface area contributed by atoms with E-state index in [1.54, 1.807) is 19.1 Å². The van der Waals surface area contributed by atoms with Crippen molar-refractivity contribution in [1.82, 2.24) is 0 Å². The van der Waals surface area contributed by atoms with E-state index in [2.05, 4.69) is 15.9 Å². The minimum absolute atomic E-state index is 0.0894. The van der Waals surface area contributed by atoms with E-state index < -0.39 is 0 Å². The Morgan fingerprint density at radius 3 is 2.59 bits per heavy atom. The van der Waals surface area contributed by atoms with Gasteiger partial charge in [0.15, 0.2) is 5.78 Å². The van der Waals surface area contributed by atoms with Crippen molar-refractivity contribution in [2.24, 2.45) is 0 Å². The molecule has 0 bridgehead atoms. The molecule has 0 radical (unpaired) electrons. The summed E-state index contributed by atoms with van der Waals surface area (Å²) in [4.78, 5) is 12.7. The molecule has 0 fully saturated rings. The number of hydrogen-bond donors (Lipinski definition) is 1. The Hall–Kier alpha value is -3.05. The fraction of sp³-hybridized carbons (Fsp3) is 0.0455. The van der Waals surface area contributed by atoms with E-state index in [-0.39, 0.29) is 11.5 Å². The zero-order chi connectivity index (χ0) is 19.0. The molecule has 0 saturated carbocycles. The van der Waals surface area contributed by atoms with Crippen LogP contribution in [0.3, 0.4) is 0 Å². The van der Waals surface area contributed by atoms with Gasteiger partial charge in [-0.25, -0.2) is 0 Å². The van der Waals surface area contributed by atoms with Gasteiger partial charge in [-0.2, -0.15) is 0 Å². The van der Waals surface area contributed by atoms with Crippen molar-refractivity contribution in [1.29, 1.82) is 0 Å². The summed E-state index contributed by atoms with van der Waals surface area (Å²) < 4.78 is 12.4. The van der Waals surface area contributed by atoms with Gasteiger partial charge in [0.2, 0.25) is 0 Å². The van der Waals surface area contributed by atoms with Gasteiger partial charge in [0.05, 0.1) is 5.56 Å². The number of carbonyl (C=O) groups excluding carboxylic acids is 1. The van der Waals surface area contributed by atoms with Crippen molar-refractivity contribution in [3.8, 4) is 17.1 Å². The Morgan fingerprint density at radius 2 is 1.81 bits per heavy atom. The van der Waals surface area contributed by atoms with Crippen LogP contribution in [0.25, 0.3) is 28.4 Å². The molecule has 4 aromatic rings. The summed E-state index contributed by atoms with van der Waals surface area (Å²) in [5.41, 5.74) is 1.96. The first-order valence-electron chi connectivity index (χ1n) is 8.31. The Morgan fingerprint density at radius 1 is 1.04 bits per heavy atom. The van der Waals surface area contributed by atoms with Crippen molar-refractivity contribution in [2.45, 2.75) is 6.92 Å². The highest BCUT2D eigenvalue weighted by Crippen LogP contribution is 2.29. The average molecular weight is 423 g/mol. The molecule has 0 atom stereocenters. The number of halogens is 1. The minimum Gasteiger partial charge on any atom is -0.508 e. The second-order valence-electron chi connectivity index (χ2n) is 6.12. The number of phenols is 1. The molecule has 0 aliphatic heterocycles. The van der Waals surface area contributed by atoms with E-state index in [0.717, 1.165) is 15.8 Å². The van der Waals surface area contributed by atoms with Crippen LogP contribution >= 0.6 is 15.9 Å². The maximum atomic E-state index is 12.7. The van der Waals surface area contributed by atoms with Crippen molar-refractivity contribution in [3.05, 3.63) is 82.2 Å². The van der Waals surface area contributed by atoms with Crippen LogP contribution in [0.5, 0.6) is 5.75 Å². The average Bonchev–Trinajstić information content (AvgIpc) is 3.24. The van der Waals surface area contributed by atoms with Crippen LogP contribution < -0.4 is 0 Å². The molecule has 2 aromatic heterocycles. The third kappa shape index (κ3) is 3.46. The molecule has 1 N–H and O–H groups in total. The number of benzene rings is 2. The number of phenolic OH excluding ortho intramolecular Hbond substituents is 1. The second kappa shape index (κ2) is 6.93. The van der Waals surface area contributed by atoms with Crippen LogP contribution in [0.2, 0.25) is 0 Å². The first kappa shape index (κ1) is 17.4. The monoisotopic (exact) mass is 422 g/mol. The fourth-order valence-corrected chi connectivity index (χ4v) is 3.23. The van der Waals surface area contributed by atoms with Gasteiger partial charge in [0.25, 0.3) is 0 Å². The third-order valence-corrected chi connectivity index (χ3v) is 4.78. The van der Waals surface area contributed by atoms with E-state index in [9.17, 15) is 9.90 Å². The number of allylic oxidation sites excluding steroid dienone is 1. The molecule has 134 valence electrons. The summed E-state index contributed by atoms with van der Waals surface area (Å²) in [6.07, 6.45) is 3.08. The SMILES string of the molecule is Cc1oc2ccc(O)cc2c1C(=O)/C=C/c1ccc(-c2ccc(Br)cc2)o1. The van der Waals surface area contributed by atoms with Crippen molar-refractivity contribution in [3.63, 3.8) is 0 Å². The second-order valence-corrected chi connectivity index (χ2v) is 7.04. The van der Waals surface area contributed by atoms with E-state index in [0.29, 0.717) is 28.1 Å². The van der Waals surface area contributed by atoms with E-state index in [4.69, 9.17) is 8.83 Å². The van der Waals surface area contributed by atoms with Gasteiger partial charge in [-0.15, -0.1) is 0 Å². The predicted octanol–water partition coefficient (Wildman–Crippen LogP) is 6.37. The van der Waals surface area contributed by atoms with E-state index >= 15 is 0 Å². The fourth-order valence-electron chi connectivity index (χ4n) is 2.97. The minimum atomic E-state index is -0.210. The van der Waals surface area contributed by atoms with Crippen molar-refractivity contribution in [2.75, 3.05) is 0 Å². The number of ketones is 1. The Balaban J connectivity index is 1.60. The number of furan rings is 2. The number of aromatic hydroxyl groups is 1. The Labute approximate surface area is 163 Å². The quantitative estimate of drug-likeness (QED) is 0.306. The molecule has 2 aromatic carbocycles. The largest absolute Gasteiger partial charge is 0.508 e. The maximum absolute atomic E-state index is 12.7. The molecule has 4 rings (SSSR count). The van der Waals surface area contributed by atoms with Gasteiger partial charge in [0.1, 0.15) is 28.6 Å². The van der Waals surface area contributed by atoms with E-state index in [1.807, 2.05) is 36.4 Å². The lowest BCUT2D eigenvalue weighted by Gasteiger charge is -1.97. The highest BCUT2D eigenvalue weighted by Gasteiger charge is 2.16. The molecule has 2 heterocycles. The molecule has 0 spiro atoms. The van der Waals surface area contributed by atoms with Gasteiger partial charge in [-0.1, -0.05) is 28.1 Å². The van der Waals surface area contributed by atoms with Gasteiger partial charge in [0, 0.05) is 15.4 Å². The summed E-state index contributed by atoms with van der Waals surface area (Å²) in [7, 11) is 0. The first-order chi connectivity index (χ1) is 13.0. The van der Waals surface area contributed by atoms with Crippen LogP contribution in [-0.4, -0.2) is 10.9 Å². The molecule has 27 heavy (non-hydrogen) atoms. The van der Waals surface area contributed by atoms with Crippen LogP contribution in [0.15, 0.2) is 74.0 Å². The summed E-state index contributed by atoms with van der Waals surface area (Å²) in [5, 5.41) is 10.3. The normalized spacial score (nSPS) is 11.5. The number of hydrogen-bond acceptors (Lipinski definition) is 4. The molecular formula is C22H15BrO4. The van der Waals surface area contributed by atoms with Crippen LogP contribution in [-0.2, 0) is 0 Å². The highest BCUT2D eigenvalue weighted by molar-refractivity contribution is 9.10. The lowest BCUT2D eigenvalue weighted by atomic mass is 10.1. The summed E-state index contributed by atoms with van der Waals surface area (Å²) in [6.45, 7) is 1.73. The molecular weight excluding hydrogens is 408 g/mol. The molecule has 0 aliphatic carbocycles. The molecule has 0 saturated heterocycles. The van der Waals surface area contributed by atoms with Gasteiger partial charge >= 0.3 is 0 Å². The van der Waals surface area contributed by atoms with Crippen molar-refractivity contribution < 1.29 is 18.7 Å². The molecule has 5 heteroatoms. The van der Waals surface area contributed by atoms with Crippen LogP contribution in [0, 0.1) is 6.92 Å². The third-order valence-electron chi connectivity index (χ3n) is 4.25. The van der Waals surface area contributed by atoms with E-state index in [1.165, 1.54) is 18.2 Å². The maximum Gasteiger partial charge on any atom is 0.190 e. The molecule has 0 amide bonds. The number of aryl methyl sites for hydroxylation is 1. The van der Waals surface area contributed by atoms with Crippen LogP contribution in [0.1, 0.15) is 21.9 Å².